The molecule has 2 aliphatic rings. The van der Waals surface area contributed by atoms with E-state index >= 15 is 0 Å². The standard InChI is InChI=1S/C21H39N7.HI/c1-4-22-21(28-11-8-19(18-28)20-16-24-25(3)17-20)23-9-6-7-10-27-14-12-26(5-2)13-15-27;/h16-17,19H,4-15,18H2,1-3H3,(H,22,23);1H. The van der Waals surface area contributed by atoms with Gasteiger partial charge in [-0.2, -0.15) is 5.10 Å². The first-order valence-corrected chi connectivity index (χ1v) is 11.2. The number of piperazine rings is 1. The topological polar surface area (TPSA) is 51.9 Å². The van der Waals surface area contributed by atoms with Crippen molar-refractivity contribution in [3.63, 3.8) is 0 Å². The molecule has 0 saturated carbocycles. The number of halogens is 1. The molecule has 1 unspecified atom stereocenters. The van der Waals surface area contributed by atoms with Crippen LogP contribution in [-0.4, -0.2) is 95.9 Å². The Kier molecular flexibility index (Phi) is 10.7. The van der Waals surface area contributed by atoms with Crippen molar-refractivity contribution < 1.29 is 0 Å². The van der Waals surface area contributed by atoms with Gasteiger partial charge in [-0.25, -0.2) is 0 Å². The van der Waals surface area contributed by atoms with Gasteiger partial charge >= 0.3 is 0 Å². The van der Waals surface area contributed by atoms with Crippen LogP contribution in [0.3, 0.4) is 0 Å². The number of aryl methyl sites for hydroxylation is 1. The maximum absolute atomic E-state index is 4.92. The van der Waals surface area contributed by atoms with Crippen LogP contribution < -0.4 is 5.32 Å². The number of likely N-dealkylation sites (N-methyl/N-ethyl adjacent to an activating group) is 1. The van der Waals surface area contributed by atoms with Crippen LogP contribution >= 0.6 is 24.0 Å². The Hall–Kier alpha value is -0.870. The monoisotopic (exact) mass is 517 g/mol. The van der Waals surface area contributed by atoms with Gasteiger partial charge in [-0.3, -0.25) is 9.67 Å². The van der Waals surface area contributed by atoms with Gasteiger partial charge in [0.15, 0.2) is 5.96 Å². The van der Waals surface area contributed by atoms with E-state index in [1.165, 1.54) is 64.1 Å². The zero-order valence-electron chi connectivity index (χ0n) is 18.5. The first kappa shape index (κ1) is 24.4. The number of rotatable bonds is 8. The number of likely N-dealkylation sites (tertiary alicyclic amines) is 1. The molecule has 1 N–H and O–H groups in total. The van der Waals surface area contributed by atoms with Crippen LogP contribution in [0.15, 0.2) is 17.4 Å². The molecule has 3 heterocycles. The highest BCUT2D eigenvalue weighted by atomic mass is 127. The third-order valence-corrected chi connectivity index (χ3v) is 6.08. The first-order valence-electron chi connectivity index (χ1n) is 11.2. The predicted octanol–water partition coefficient (Wildman–Crippen LogP) is 2.21. The minimum atomic E-state index is 0. The number of aliphatic imine (C=N–C) groups is 1. The molecular formula is C21H40IN7. The molecule has 0 amide bonds. The Bertz CT molecular complexity index is 610. The molecule has 7 nitrogen and oxygen atoms in total. The number of hydrogen-bond acceptors (Lipinski definition) is 4. The second-order valence-corrected chi connectivity index (χ2v) is 8.10. The van der Waals surface area contributed by atoms with Crippen molar-refractivity contribution in [2.45, 2.75) is 39.0 Å². The summed E-state index contributed by atoms with van der Waals surface area (Å²) in [6.45, 7) is 15.7. The third-order valence-electron chi connectivity index (χ3n) is 6.08. The van der Waals surface area contributed by atoms with Gasteiger partial charge in [0.1, 0.15) is 0 Å². The summed E-state index contributed by atoms with van der Waals surface area (Å²) in [5.74, 6) is 1.66. The molecular weight excluding hydrogens is 477 g/mol. The lowest BCUT2D eigenvalue weighted by Gasteiger charge is -2.33. The molecule has 2 aliphatic heterocycles. The van der Waals surface area contributed by atoms with Crippen LogP contribution in [0.5, 0.6) is 0 Å². The highest BCUT2D eigenvalue weighted by molar-refractivity contribution is 14.0. The lowest BCUT2D eigenvalue weighted by Crippen LogP contribution is -2.46. The average Bonchev–Trinajstić information content (AvgIpc) is 3.36. The van der Waals surface area contributed by atoms with Gasteiger partial charge < -0.3 is 20.0 Å². The minimum absolute atomic E-state index is 0. The summed E-state index contributed by atoms with van der Waals surface area (Å²) < 4.78 is 1.90. The Morgan fingerprint density at radius 1 is 1.14 bits per heavy atom. The Balaban J connectivity index is 0.00000300. The van der Waals surface area contributed by atoms with Gasteiger partial charge in [-0.1, -0.05) is 6.92 Å². The quantitative estimate of drug-likeness (QED) is 0.248. The summed E-state index contributed by atoms with van der Waals surface area (Å²) in [5, 5.41) is 7.82. The van der Waals surface area contributed by atoms with E-state index in [1.807, 2.05) is 17.9 Å². The zero-order chi connectivity index (χ0) is 19.8. The molecule has 0 aliphatic carbocycles. The Morgan fingerprint density at radius 3 is 2.55 bits per heavy atom. The number of nitrogens with zero attached hydrogens (tertiary/aromatic N) is 6. The lowest BCUT2D eigenvalue weighted by molar-refractivity contribution is 0.136. The molecule has 1 aromatic rings. The summed E-state index contributed by atoms with van der Waals surface area (Å²) >= 11 is 0. The summed E-state index contributed by atoms with van der Waals surface area (Å²) in [4.78, 5) is 12.5. The smallest absolute Gasteiger partial charge is 0.193 e. The Morgan fingerprint density at radius 2 is 1.90 bits per heavy atom. The van der Waals surface area contributed by atoms with Crippen molar-refractivity contribution in [3.8, 4) is 0 Å². The number of nitrogens with one attached hydrogen (secondary N) is 1. The van der Waals surface area contributed by atoms with E-state index in [0.717, 1.165) is 32.1 Å². The number of unbranched alkanes of at least 4 members (excludes halogenated alkanes) is 1. The SMILES string of the molecule is CCNC(=NCCCCN1CCN(CC)CC1)N1CCC(c2cnn(C)c2)C1.I. The second kappa shape index (κ2) is 12.7. The van der Waals surface area contributed by atoms with Gasteiger partial charge in [0.2, 0.25) is 0 Å². The predicted molar refractivity (Wildman–Crippen MR) is 131 cm³/mol. The second-order valence-electron chi connectivity index (χ2n) is 8.10. The maximum atomic E-state index is 4.92. The van der Waals surface area contributed by atoms with Crippen molar-refractivity contribution in [2.75, 3.05) is 65.4 Å². The van der Waals surface area contributed by atoms with E-state index in [4.69, 9.17) is 4.99 Å². The van der Waals surface area contributed by atoms with E-state index in [0.29, 0.717) is 5.92 Å². The maximum Gasteiger partial charge on any atom is 0.193 e. The molecule has 29 heavy (non-hydrogen) atoms. The first-order chi connectivity index (χ1) is 13.7. The molecule has 0 bridgehead atoms. The van der Waals surface area contributed by atoms with Crippen LogP contribution in [0.4, 0.5) is 0 Å². The fraction of sp³-hybridized carbons (Fsp3) is 0.810. The van der Waals surface area contributed by atoms with Crippen LogP contribution in [0.1, 0.15) is 44.6 Å². The van der Waals surface area contributed by atoms with Crippen LogP contribution in [-0.2, 0) is 7.05 Å². The molecule has 2 saturated heterocycles. The normalized spacial score (nSPS) is 21.4. The number of hydrogen-bond donors (Lipinski definition) is 1. The largest absolute Gasteiger partial charge is 0.357 e. The van der Waals surface area contributed by atoms with Crippen molar-refractivity contribution in [2.24, 2.45) is 12.0 Å². The van der Waals surface area contributed by atoms with Crippen LogP contribution in [0, 0.1) is 0 Å². The average molecular weight is 518 g/mol. The molecule has 2 fully saturated rings. The van der Waals surface area contributed by atoms with Crippen LogP contribution in [0.25, 0.3) is 0 Å². The summed E-state index contributed by atoms with van der Waals surface area (Å²) in [7, 11) is 1.99. The molecule has 3 rings (SSSR count). The van der Waals surface area contributed by atoms with E-state index < -0.39 is 0 Å². The summed E-state index contributed by atoms with van der Waals surface area (Å²) in [6.07, 6.45) is 7.76. The fourth-order valence-electron chi connectivity index (χ4n) is 4.26. The molecule has 0 aromatic carbocycles. The summed E-state index contributed by atoms with van der Waals surface area (Å²) in [5.41, 5.74) is 1.35. The summed E-state index contributed by atoms with van der Waals surface area (Å²) in [6, 6.07) is 0. The number of guanidine groups is 1. The molecule has 1 atom stereocenters. The van der Waals surface area contributed by atoms with Crippen molar-refractivity contribution in [3.05, 3.63) is 18.0 Å². The number of aromatic nitrogens is 2. The molecule has 166 valence electrons. The van der Waals surface area contributed by atoms with Gasteiger partial charge in [0.05, 0.1) is 6.20 Å². The molecule has 1 aromatic heterocycles. The van der Waals surface area contributed by atoms with Crippen LogP contribution in [0.2, 0.25) is 0 Å². The molecule has 0 radical (unpaired) electrons. The van der Waals surface area contributed by atoms with Crippen molar-refractivity contribution in [1.82, 2.24) is 29.8 Å². The van der Waals surface area contributed by atoms with E-state index in [2.05, 4.69) is 45.2 Å². The van der Waals surface area contributed by atoms with Gasteiger partial charge in [0.25, 0.3) is 0 Å². The van der Waals surface area contributed by atoms with Gasteiger partial charge in [0, 0.05) is 71.5 Å². The fourth-order valence-corrected chi connectivity index (χ4v) is 4.26. The lowest BCUT2D eigenvalue weighted by atomic mass is 10.0. The molecule has 8 heteroatoms. The molecule has 0 spiro atoms. The van der Waals surface area contributed by atoms with Gasteiger partial charge in [-0.15, -0.1) is 24.0 Å². The van der Waals surface area contributed by atoms with Crippen molar-refractivity contribution >= 4 is 29.9 Å². The van der Waals surface area contributed by atoms with Gasteiger partial charge in [-0.05, 0) is 44.8 Å². The minimum Gasteiger partial charge on any atom is -0.357 e. The zero-order valence-corrected chi connectivity index (χ0v) is 20.8. The highest BCUT2D eigenvalue weighted by Crippen LogP contribution is 2.26. The third kappa shape index (κ3) is 7.40. The highest BCUT2D eigenvalue weighted by Gasteiger charge is 2.26. The Labute approximate surface area is 193 Å². The van der Waals surface area contributed by atoms with E-state index in [1.54, 1.807) is 0 Å². The van der Waals surface area contributed by atoms with E-state index in [9.17, 15) is 0 Å². The van der Waals surface area contributed by atoms with E-state index in [-0.39, 0.29) is 24.0 Å². The van der Waals surface area contributed by atoms with Crippen molar-refractivity contribution in [1.29, 1.82) is 0 Å².